The Morgan fingerprint density at radius 3 is 2.46 bits per heavy atom. The zero-order chi connectivity index (χ0) is 19.5. The van der Waals surface area contributed by atoms with Crippen LogP contribution in [0.15, 0.2) is 48.5 Å². The number of para-hydroxylation sites is 1. The quantitative estimate of drug-likeness (QED) is 0.756. The number of piperazine rings is 1. The lowest BCUT2D eigenvalue weighted by Gasteiger charge is -2.43. The van der Waals surface area contributed by atoms with Crippen LogP contribution < -0.4 is 4.90 Å². The average Bonchev–Trinajstić information content (AvgIpc) is 3.10. The van der Waals surface area contributed by atoms with Crippen LogP contribution >= 0.6 is 11.6 Å². The molecule has 0 aliphatic carbocycles. The SMILES string of the molecule is O=CC(N1CCN(Cc2ccc(Cl)cc2)CC1)N1c2ccccc2C[C@H]1CO. The van der Waals surface area contributed by atoms with Crippen molar-refractivity contribution in [1.29, 1.82) is 0 Å². The lowest BCUT2D eigenvalue weighted by atomic mass is 10.1. The molecule has 5 nitrogen and oxygen atoms in total. The lowest BCUT2D eigenvalue weighted by Crippen LogP contribution is -2.58. The summed E-state index contributed by atoms with van der Waals surface area (Å²) >= 11 is 5.97. The molecule has 2 atom stereocenters. The zero-order valence-corrected chi connectivity index (χ0v) is 16.6. The minimum atomic E-state index is -0.335. The molecule has 0 spiro atoms. The van der Waals surface area contributed by atoms with Crippen LogP contribution in [0.25, 0.3) is 0 Å². The third-order valence-corrected chi connectivity index (χ3v) is 6.09. The van der Waals surface area contributed by atoms with Crippen molar-refractivity contribution in [3.8, 4) is 0 Å². The van der Waals surface area contributed by atoms with E-state index in [2.05, 4.69) is 39.0 Å². The van der Waals surface area contributed by atoms with Crippen LogP contribution in [0.4, 0.5) is 5.69 Å². The van der Waals surface area contributed by atoms with Gasteiger partial charge in [0.1, 0.15) is 6.17 Å². The van der Waals surface area contributed by atoms with Crippen LogP contribution in [0.5, 0.6) is 0 Å². The summed E-state index contributed by atoms with van der Waals surface area (Å²) in [6.07, 6.45) is 1.48. The second-order valence-corrected chi connectivity index (χ2v) is 8.00. The number of anilines is 1. The number of carbonyl (C=O) groups is 1. The Bertz CT molecular complexity index is 806. The van der Waals surface area contributed by atoms with Crippen molar-refractivity contribution in [2.75, 3.05) is 37.7 Å². The van der Waals surface area contributed by atoms with E-state index in [-0.39, 0.29) is 18.8 Å². The Hall–Kier alpha value is -1.92. The first-order chi connectivity index (χ1) is 13.7. The first-order valence-electron chi connectivity index (χ1n) is 9.83. The first kappa shape index (κ1) is 19.4. The summed E-state index contributed by atoms with van der Waals surface area (Å²) in [6, 6.07) is 16.1. The molecule has 2 aromatic rings. The van der Waals surface area contributed by atoms with Crippen LogP contribution in [-0.4, -0.2) is 66.2 Å². The van der Waals surface area contributed by atoms with Gasteiger partial charge in [0.25, 0.3) is 0 Å². The van der Waals surface area contributed by atoms with Crippen LogP contribution in [0, 0.1) is 0 Å². The average molecular weight is 400 g/mol. The Morgan fingerprint density at radius 1 is 1.07 bits per heavy atom. The van der Waals surface area contributed by atoms with Crippen molar-refractivity contribution in [2.24, 2.45) is 0 Å². The van der Waals surface area contributed by atoms with Gasteiger partial charge in [0.2, 0.25) is 0 Å². The van der Waals surface area contributed by atoms with E-state index < -0.39 is 0 Å². The fourth-order valence-corrected chi connectivity index (χ4v) is 4.48. The molecule has 1 N–H and O–H groups in total. The van der Waals surface area contributed by atoms with E-state index in [0.29, 0.717) is 0 Å². The molecule has 0 aromatic heterocycles. The van der Waals surface area contributed by atoms with Crippen LogP contribution in [0.2, 0.25) is 5.02 Å². The fourth-order valence-electron chi connectivity index (χ4n) is 4.36. The molecule has 4 rings (SSSR count). The number of benzene rings is 2. The van der Waals surface area contributed by atoms with E-state index in [0.717, 1.165) is 56.1 Å². The monoisotopic (exact) mass is 399 g/mol. The van der Waals surface area contributed by atoms with Crippen LogP contribution in [-0.2, 0) is 17.8 Å². The van der Waals surface area contributed by atoms with Gasteiger partial charge in [-0.05, 0) is 35.7 Å². The summed E-state index contributed by atoms with van der Waals surface area (Å²) < 4.78 is 0. The highest BCUT2D eigenvalue weighted by atomic mass is 35.5. The standard InChI is InChI=1S/C22H26ClN3O2/c23-19-7-5-17(6-8-19)14-24-9-11-25(12-10-24)22(16-28)26-20(15-27)13-18-3-1-2-4-21(18)26/h1-8,16,20,22,27H,9-15H2/t20-,22?/m0/s1. The molecule has 0 saturated carbocycles. The van der Waals surface area contributed by atoms with Gasteiger partial charge in [-0.15, -0.1) is 0 Å². The molecule has 1 fully saturated rings. The van der Waals surface area contributed by atoms with E-state index in [1.807, 2.05) is 24.3 Å². The second-order valence-electron chi connectivity index (χ2n) is 7.56. The summed E-state index contributed by atoms with van der Waals surface area (Å²) in [5.74, 6) is 0. The molecule has 148 valence electrons. The highest BCUT2D eigenvalue weighted by Crippen LogP contribution is 2.34. The van der Waals surface area contributed by atoms with Crippen molar-refractivity contribution in [2.45, 2.75) is 25.2 Å². The molecular weight excluding hydrogens is 374 g/mol. The predicted molar refractivity (Wildman–Crippen MR) is 112 cm³/mol. The Balaban J connectivity index is 1.42. The molecule has 2 heterocycles. The Labute approximate surface area is 171 Å². The molecule has 2 aromatic carbocycles. The number of carbonyl (C=O) groups excluding carboxylic acids is 1. The number of hydrogen-bond acceptors (Lipinski definition) is 5. The van der Waals surface area contributed by atoms with Crippen molar-refractivity contribution in [1.82, 2.24) is 9.80 Å². The number of aliphatic hydroxyl groups excluding tert-OH is 1. The summed E-state index contributed by atoms with van der Waals surface area (Å²) in [5, 5.41) is 10.6. The number of aldehydes is 1. The van der Waals surface area contributed by atoms with Gasteiger partial charge >= 0.3 is 0 Å². The topological polar surface area (TPSA) is 47.0 Å². The van der Waals surface area contributed by atoms with Gasteiger partial charge in [0.05, 0.1) is 12.6 Å². The third kappa shape index (κ3) is 3.94. The first-order valence-corrected chi connectivity index (χ1v) is 10.2. The number of nitrogens with zero attached hydrogens (tertiary/aromatic N) is 3. The fraction of sp³-hybridized carbons (Fsp3) is 0.409. The van der Waals surface area contributed by atoms with Gasteiger partial charge in [0.15, 0.2) is 6.29 Å². The summed E-state index contributed by atoms with van der Waals surface area (Å²) in [6.45, 7) is 4.41. The predicted octanol–water partition coefficient (Wildman–Crippen LogP) is 2.41. The second kappa shape index (κ2) is 8.62. The van der Waals surface area contributed by atoms with Crippen LogP contribution in [0.3, 0.4) is 0 Å². The number of rotatable bonds is 6. The van der Waals surface area contributed by atoms with Gasteiger partial charge < -0.3 is 10.0 Å². The van der Waals surface area contributed by atoms with Crippen LogP contribution in [0.1, 0.15) is 11.1 Å². The number of hydrogen-bond donors (Lipinski definition) is 1. The van der Waals surface area contributed by atoms with Crippen molar-refractivity contribution in [3.05, 3.63) is 64.7 Å². The maximum absolute atomic E-state index is 12.1. The minimum absolute atomic E-state index is 0.0419. The largest absolute Gasteiger partial charge is 0.394 e. The minimum Gasteiger partial charge on any atom is -0.394 e. The van der Waals surface area contributed by atoms with Crippen molar-refractivity contribution < 1.29 is 9.90 Å². The number of fused-ring (bicyclic) bond motifs is 1. The Kier molecular flexibility index (Phi) is 5.97. The van der Waals surface area contributed by atoms with Crippen molar-refractivity contribution in [3.63, 3.8) is 0 Å². The normalized spacial score (nSPS) is 21.5. The smallest absolute Gasteiger partial charge is 0.157 e. The number of halogens is 1. The van der Waals surface area contributed by atoms with Gasteiger partial charge in [0, 0.05) is 43.4 Å². The van der Waals surface area contributed by atoms with Gasteiger partial charge in [-0.3, -0.25) is 14.6 Å². The summed E-state index contributed by atoms with van der Waals surface area (Å²) in [5.41, 5.74) is 3.52. The molecule has 0 radical (unpaired) electrons. The maximum Gasteiger partial charge on any atom is 0.157 e. The van der Waals surface area contributed by atoms with E-state index in [4.69, 9.17) is 11.6 Å². The van der Waals surface area contributed by atoms with Gasteiger partial charge in [-0.25, -0.2) is 0 Å². The van der Waals surface area contributed by atoms with Crippen molar-refractivity contribution >= 4 is 23.6 Å². The molecule has 2 aliphatic rings. The van der Waals surface area contributed by atoms with Gasteiger partial charge in [-0.1, -0.05) is 41.9 Å². The molecule has 1 unspecified atom stereocenters. The molecule has 28 heavy (non-hydrogen) atoms. The molecule has 2 aliphatic heterocycles. The lowest BCUT2D eigenvalue weighted by molar-refractivity contribution is -0.113. The molecule has 0 amide bonds. The highest BCUT2D eigenvalue weighted by molar-refractivity contribution is 6.30. The van der Waals surface area contributed by atoms with Gasteiger partial charge in [-0.2, -0.15) is 0 Å². The third-order valence-electron chi connectivity index (χ3n) is 5.84. The summed E-state index contributed by atoms with van der Waals surface area (Å²) in [7, 11) is 0. The highest BCUT2D eigenvalue weighted by Gasteiger charge is 2.37. The zero-order valence-electron chi connectivity index (χ0n) is 15.9. The maximum atomic E-state index is 12.1. The molecule has 1 saturated heterocycles. The molecular formula is C22H26ClN3O2. The molecule has 0 bridgehead atoms. The van der Waals surface area contributed by atoms with E-state index in [1.165, 1.54) is 11.1 Å². The van der Waals surface area contributed by atoms with E-state index >= 15 is 0 Å². The number of aliphatic hydroxyl groups is 1. The van der Waals surface area contributed by atoms with E-state index in [9.17, 15) is 9.90 Å². The van der Waals surface area contributed by atoms with E-state index in [1.54, 1.807) is 0 Å². The Morgan fingerprint density at radius 2 is 1.79 bits per heavy atom. The summed E-state index contributed by atoms with van der Waals surface area (Å²) in [4.78, 5) is 18.8. The molecule has 6 heteroatoms.